The van der Waals surface area contributed by atoms with Crippen molar-refractivity contribution in [2.75, 3.05) is 11.4 Å². The van der Waals surface area contributed by atoms with Crippen molar-refractivity contribution in [3.63, 3.8) is 0 Å². The molecule has 5 heteroatoms. The van der Waals surface area contributed by atoms with Gasteiger partial charge in [0.2, 0.25) is 5.91 Å². The summed E-state index contributed by atoms with van der Waals surface area (Å²) < 4.78 is 0.705. The minimum absolute atomic E-state index is 0.0114. The van der Waals surface area contributed by atoms with Crippen molar-refractivity contribution in [2.24, 2.45) is 5.92 Å². The van der Waals surface area contributed by atoms with Crippen LogP contribution in [0.4, 0.5) is 5.82 Å². The average molecular weight is 266 g/mol. The molecule has 4 nitrogen and oxygen atoms in total. The van der Waals surface area contributed by atoms with Gasteiger partial charge in [-0.3, -0.25) is 9.69 Å². The van der Waals surface area contributed by atoms with Gasteiger partial charge in [-0.1, -0.05) is 0 Å². The van der Waals surface area contributed by atoms with Crippen LogP contribution >= 0.6 is 15.9 Å². The number of carbonyl (C=O) groups is 1. The molecule has 1 fully saturated rings. The molecule has 1 aromatic heterocycles. The first-order valence-corrected chi connectivity index (χ1v) is 5.23. The number of anilines is 1. The van der Waals surface area contributed by atoms with E-state index in [-0.39, 0.29) is 11.8 Å². The van der Waals surface area contributed by atoms with E-state index in [1.807, 2.05) is 0 Å². The van der Waals surface area contributed by atoms with Crippen molar-refractivity contribution in [3.05, 3.63) is 17.0 Å². The van der Waals surface area contributed by atoms with Crippen molar-refractivity contribution < 1.29 is 4.79 Å². The van der Waals surface area contributed by atoms with Crippen molar-refractivity contribution in [2.45, 2.75) is 6.42 Å². The van der Waals surface area contributed by atoms with Gasteiger partial charge in [0.15, 0.2) is 5.82 Å². The molecule has 2 rings (SSSR count). The Morgan fingerprint density at radius 1 is 1.67 bits per heavy atom. The zero-order valence-corrected chi connectivity index (χ0v) is 9.44. The smallest absolute Gasteiger partial charge is 0.229 e. The number of aromatic nitrogens is 2. The Morgan fingerprint density at radius 2 is 2.47 bits per heavy atom. The molecule has 2 heterocycles. The first-order chi connectivity index (χ1) is 7.22. The quantitative estimate of drug-likeness (QED) is 0.718. The molecule has 1 aliphatic rings. The molecule has 0 aliphatic carbocycles. The molecule has 15 heavy (non-hydrogen) atoms. The van der Waals surface area contributed by atoms with Gasteiger partial charge in [-0.15, -0.1) is 12.3 Å². The Hall–Kier alpha value is -1.41. The molecule has 1 aliphatic heterocycles. The second kappa shape index (κ2) is 3.99. The van der Waals surface area contributed by atoms with Crippen LogP contribution in [-0.4, -0.2) is 22.4 Å². The maximum atomic E-state index is 11.6. The summed E-state index contributed by atoms with van der Waals surface area (Å²) in [5, 5.41) is 0. The standard InChI is InChI=1S/C10H8BrN3O/c1-2-7-3-9(15)14(5-7)10-8(11)4-12-6-13-10/h1,4,6-7H,3,5H2. The SMILES string of the molecule is C#CC1CC(=O)N(c2ncncc2Br)C1. The molecular weight excluding hydrogens is 258 g/mol. The summed E-state index contributed by atoms with van der Waals surface area (Å²) in [7, 11) is 0. The van der Waals surface area contributed by atoms with E-state index in [1.165, 1.54) is 6.33 Å². The van der Waals surface area contributed by atoms with Crippen LogP contribution in [-0.2, 0) is 4.79 Å². The molecule has 0 bridgehead atoms. The van der Waals surface area contributed by atoms with E-state index in [0.29, 0.717) is 23.3 Å². The van der Waals surface area contributed by atoms with Crippen LogP contribution in [0.15, 0.2) is 17.0 Å². The maximum Gasteiger partial charge on any atom is 0.229 e. The summed E-state index contributed by atoms with van der Waals surface area (Å²) in [6.07, 6.45) is 8.72. The van der Waals surface area contributed by atoms with Gasteiger partial charge in [0, 0.05) is 25.1 Å². The highest BCUT2D eigenvalue weighted by molar-refractivity contribution is 9.10. The average Bonchev–Trinajstić information content (AvgIpc) is 2.60. The summed E-state index contributed by atoms with van der Waals surface area (Å²) in [5.74, 6) is 3.18. The molecule has 1 amide bonds. The monoisotopic (exact) mass is 265 g/mol. The van der Waals surface area contributed by atoms with Gasteiger partial charge in [-0.05, 0) is 15.9 Å². The minimum Gasteiger partial charge on any atom is -0.294 e. The molecule has 1 unspecified atom stereocenters. The lowest BCUT2D eigenvalue weighted by molar-refractivity contribution is -0.117. The van der Waals surface area contributed by atoms with Gasteiger partial charge in [0.05, 0.1) is 4.47 Å². The number of carbonyl (C=O) groups excluding carboxylic acids is 1. The third-order valence-electron chi connectivity index (χ3n) is 2.26. The van der Waals surface area contributed by atoms with Gasteiger partial charge in [0.1, 0.15) is 6.33 Å². The van der Waals surface area contributed by atoms with Gasteiger partial charge < -0.3 is 0 Å². The third-order valence-corrected chi connectivity index (χ3v) is 2.82. The summed E-state index contributed by atoms with van der Waals surface area (Å²) in [6, 6.07) is 0. The van der Waals surface area contributed by atoms with E-state index in [0.717, 1.165) is 0 Å². The van der Waals surface area contributed by atoms with Crippen LogP contribution < -0.4 is 4.90 Å². The number of rotatable bonds is 1. The molecule has 1 atom stereocenters. The Morgan fingerprint density at radius 3 is 3.07 bits per heavy atom. The van der Waals surface area contributed by atoms with Crippen molar-refractivity contribution in [1.29, 1.82) is 0 Å². The number of halogens is 1. The highest BCUT2D eigenvalue weighted by Gasteiger charge is 2.31. The number of hydrogen-bond acceptors (Lipinski definition) is 3. The molecule has 0 saturated carbocycles. The fourth-order valence-corrected chi connectivity index (χ4v) is 1.96. The van der Waals surface area contributed by atoms with Gasteiger partial charge in [0.25, 0.3) is 0 Å². The summed E-state index contributed by atoms with van der Waals surface area (Å²) >= 11 is 3.31. The van der Waals surface area contributed by atoms with Crippen LogP contribution in [0.5, 0.6) is 0 Å². The predicted molar refractivity (Wildman–Crippen MR) is 59.0 cm³/mol. The van der Waals surface area contributed by atoms with E-state index in [1.54, 1.807) is 11.1 Å². The Kier molecular flexibility index (Phi) is 2.69. The normalized spacial score (nSPS) is 20.4. The van der Waals surface area contributed by atoms with Crippen LogP contribution in [0.1, 0.15) is 6.42 Å². The third kappa shape index (κ3) is 1.85. The molecule has 0 spiro atoms. The highest BCUT2D eigenvalue weighted by atomic mass is 79.9. The van der Waals surface area contributed by atoms with E-state index >= 15 is 0 Å². The van der Waals surface area contributed by atoms with Crippen molar-refractivity contribution >= 4 is 27.7 Å². The number of hydrogen-bond donors (Lipinski definition) is 0. The summed E-state index contributed by atoms with van der Waals surface area (Å²) in [5.41, 5.74) is 0. The Bertz CT molecular complexity index is 441. The Balaban J connectivity index is 2.30. The summed E-state index contributed by atoms with van der Waals surface area (Å²) in [6.45, 7) is 0.533. The van der Waals surface area contributed by atoms with Gasteiger partial charge >= 0.3 is 0 Å². The molecule has 1 saturated heterocycles. The first kappa shape index (κ1) is 10.1. The van der Waals surface area contributed by atoms with E-state index < -0.39 is 0 Å². The maximum absolute atomic E-state index is 11.6. The molecule has 0 radical (unpaired) electrons. The largest absolute Gasteiger partial charge is 0.294 e. The summed E-state index contributed by atoms with van der Waals surface area (Å²) in [4.78, 5) is 21.1. The second-order valence-corrected chi connectivity index (χ2v) is 4.12. The second-order valence-electron chi connectivity index (χ2n) is 3.27. The first-order valence-electron chi connectivity index (χ1n) is 4.44. The fraction of sp³-hybridized carbons (Fsp3) is 0.300. The fourth-order valence-electron chi connectivity index (χ4n) is 1.53. The lowest BCUT2D eigenvalue weighted by Gasteiger charge is -2.15. The van der Waals surface area contributed by atoms with E-state index in [4.69, 9.17) is 6.42 Å². The molecule has 1 aromatic rings. The van der Waals surface area contributed by atoms with Gasteiger partial charge in [-0.2, -0.15) is 0 Å². The highest BCUT2D eigenvalue weighted by Crippen LogP contribution is 2.28. The predicted octanol–water partition coefficient (Wildman–Crippen LogP) is 1.23. The molecular formula is C10H8BrN3O. The van der Waals surface area contributed by atoms with Crippen LogP contribution in [0, 0.1) is 18.3 Å². The molecule has 0 aromatic carbocycles. The Labute approximate surface area is 95.8 Å². The zero-order valence-electron chi connectivity index (χ0n) is 7.85. The van der Waals surface area contributed by atoms with Gasteiger partial charge in [-0.25, -0.2) is 9.97 Å². The lowest BCUT2D eigenvalue weighted by Crippen LogP contribution is -2.25. The number of terminal acetylenes is 1. The molecule has 0 N–H and O–H groups in total. The van der Waals surface area contributed by atoms with Crippen LogP contribution in [0.2, 0.25) is 0 Å². The lowest BCUT2D eigenvalue weighted by atomic mass is 10.1. The van der Waals surface area contributed by atoms with Crippen molar-refractivity contribution in [3.8, 4) is 12.3 Å². The molecule has 76 valence electrons. The number of amides is 1. The zero-order chi connectivity index (χ0) is 10.8. The van der Waals surface area contributed by atoms with Crippen molar-refractivity contribution in [1.82, 2.24) is 9.97 Å². The van der Waals surface area contributed by atoms with E-state index in [9.17, 15) is 4.79 Å². The minimum atomic E-state index is -0.0145. The van der Waals surface area contributed by atoms with E-state index in [2.05, 4.69) is 31.8 Å². The van der Waals surface area contributed by atoms with Crippen LogP contribution in [0.25, 0.3) is 0 Å². The van der Waals surface area contributed by atoms with Crippen LogP contribution in [0.3, 0.4) is 0 Å². The topological polar surface area (TPSA) is 46.1 Å². The number of nitrogens with zero attached hydrogens (tertiary/aromatic N) is 3.